The van der Waals surface area contributed by atoms with Crippen molar-refractivity contribution in [1.29, 1.82) is 0 Å². The third-order valence-corrected chi connectivity index (χ3v) is 5.20. The van der Waals surface area contributed by atoms with Crippen LogP contribution in [0.15, 0.2) is 36.4 Å². The first-order valence-corrected chi connectivity index (χ1v) is 9.73. The Hall–Kier alpha value is -2.89. The second kappa shape index (κ2) is 8.87. The van der Waals surface area contributed by atoms with Crippen molar-refractivity contribution in [2.75, 3.05) is 13.2 Å². The first kappa shape index (κ1) is 19.9. The van der Waals surface area contributed by atoms with Crippen LogP contribution in [0, 0.1) is 13.8 Å². The zero-order valence-corrected chi connectivity index (χ0v) is 16.7. The number of amides is 1. The number of piperidine rings is 1. The number of likely N-dealkylation sites (tertiary alicyclic amines) is 1. The number of para-hydroxylation sites is 1. The molecule has 0 saturated carbocycles. The number of hydrogen-bond donors (Lipinski definition) is 0. The minimum Gasteiger partial charge on any atom is -0.452 e. The Morgan fingerprint density at radius 2 is 1.96 bits per heavy atom. The third-order valence-electron chi connectivity index (χ3n) is 5.20. The molecule has 0 bridgehead atoms. The molecule has 28 heavy (non-hydrogen) atoms. The molecule has 1 aliphatic rings. The van der Waals surface area contributed by atoms with Gasteiger partial charge in [0.15, 0.2) is 6.61 Å². The van der Waals surface area contributed by atoms with Crippen LogP contribution < -0.4 is 0 Å². The largest absolute Gasteiger partial charge is 0.452 e. The number of benzene rings is 1. The molecule has 1 aliphatic heterocycles. The van der Waals surface area contributed by atoms with Gasteiger partial charge in [-0.15, -0.1) is 0 Å². The van der Waals surface area contributed by atoms with E-state index in [4.69, 9.17) is 4.74 Å². The van der Waals surface area contributed by atoms with Crippen molar-refractivity contribution in [3.63, 3.8) is 0 Å². The van der Waals surface area contributed by atoms with Crippen LogP contribution in [0.5, 0.6) is 0 Å². The SMILES string of the molecule is Cc1nn(-c2ccccc2)c(C)c1/C=C/C(=O)OCC(=O)N1CCCCC1C. The van der Waals surface area contributed by atoms with Crippen molar-refractivity contribution in [1.82, 2.24) is 14.7 Å². The summed E-state index contributed by atoms with van der Waals surface area (Å²) < 4.78 is 7.00. The molecule has 0 N–H and O–H groups in total. The van der Waals surface area contributed by atoms with Crippen molar-refractivity contribution in [3.8, 4) is 5.69 Å². The Labute approximate surface area is 165 Å². The van der Waals surface area contributed by atoms with Crippen molar-refractivity contribution in [2.45, 2.75) is 46.1 Å². The average Bonchev–Trinajstić information content (AvgIpc) is 2.99. The minimum atomic E-state index is -0.524. The maximum atomic E-state index is 12.3. The quantitative estimate of drug-likeness (QED) is 0.588. The molecule has 1 saturated heterocycles. The monoisotopic (exact) mass is 381 g/mol. The van der Waals surface area contributed by atoms with Crippen LogP contribution >= 0.6 is 0 Å². The lowest BCUT2D eigenvalue weighted by molar-refractivity contribution is -0.149. The second-order valence-corrected chi connectivity index (χ2v) is 7.20. The Kier molecular flexibility index (Phi) is 6.29. The zero-order chi connectivity index (χ0) is 20.1. The van der Waals surface area contributed by atoms with Crippen LogP contribution in [-0.4, -0.2) is 45.8 Å². The Balaban J connectivity index is 1.61. The number of rotatable bonds is 5. The van der Waals surface area contributed by atoms with E-state index in [1.165, 1.54) is 6.08 Å². The van der Waals surface area contributed by atoms with Gasteiger partial charge in [0.05, 0.1) is 11.4 Å². The predicted octanol–water partition coefficient (Wildman–Crippen LogP) is 3.45. The maximum absolute atomic E-state index is 12.3. The molecule has 1 amide bonds. The van der Waals surface area contributed by atoms with E-state index < -0.39 is 5.97 Å². The fourth-order valence-corrected chi connectivity index (χ4v) is 3.60. The van der Waals surface area contributed by atoms with Gasteiger partial charge in [0.1, 0.15) is 0 Å². The molecule has 1 aromatic heterocycles. The molecule has 0 radical (unpaired) electrons. The van der Waals surface area contributed by atoms with Gasteiger partial charge < -0.3 is 9.64 Å². The number of esters is 1. The van der Waals surface area contributed by atoms with Gasteiger partial charge in [-0.3, -0.25) is 4.79 Å². The molecule has 2 heterocycles. The summed E-state index contributed by atoms with van der Waals surface area (Å²) in [5, 5.41) is 4.55. The van der Waals surface area contributed by atoms with Crippen LogP contribution in [0.2, 0.25) is 0 Å². The summed E-state index contributed by atoms with van der Waals surface area (Å²) in [4.78, 5) is 26.1. The molecule has 0 aliphatic carbocycles. The molecule has 6 heteroatoms. The molecule has 3 rings (SSSR count). The number of aryl methyl sites for hydroxylation is 1. The van der Waals surface area contributed by atoms with Crippen LogP contribution in [0.1, 0.15) is 43.1 Å². The van der Waals surface area contributed by atoms with Crippen LogP contribution in [0.25, 0.3) is 11.8 Å². The molecule has 6 nitrogen and oxygen atoms in total. The number of ether oxygens (including phenoxy) is 1. The summed E-state index contributed by atoms with van der Waals surface area (Å²) in [5.74, 6) is -0.650. The van der Waals surface area contributed by atoms with Gasteiger partial charge >= 0.3 is 5.97 Å². The van der Waals surface area contributed by atoms with Gasteiger partial charge in [-0.1, -0.05) is 18.2 Å². The van der Waals surface area contributed by atoms with Crippen LogP contribution in [0.4, 0.5) is 0 Å². The van der Waals surface area contributed by atoms with Crippen molar-refractivity contribution >= 4 is 18.0 Å². The van der Waals surface area contributed by atoms with E-state index in [0.29, 0.717) is 0 Å². The Morgan fingerprint density at radius 1 is 1.21 bits per heavy atom. The summed E-state index contributed by atoms with van der Waals surface area (Å²) in [5.41, 5.74) is 3.60. The molecule has 0 spiro atoms. The molecule has 148 valence electrons. The summed E-state index contributed by atoms with van der Waals surface area (Å²) in [6.45, 7) is 6.42. The topological polar surface area (TPSA) is 64.4 Å². The highest BCUT2D eigenvalue weighted by Gasteiger charge is 2.23. The van der Waals surface area contributed by atoms with E-state index in [2.05, 4.69) is 5.10 Å². The first-order chi connectivity index (χ1) is 13.5. The number of nitrogens with zero attached hydrogens (tertiary/aromatic N) is 3. The lowest BCUT2D eigenvalue weighted by Crippen LogP contribution is -2.44. The van der Waals surface area contributed by atoms with E-state index in [1.54, 1.807) is 11.0 Å². The fourth-order valence-electron chi connectivity index (χ4n) is 3.60. The molecule has 2 aromatic rings. The Bertz CT molecular complexity index is 871. The van der Waals surface area contributed by atoms with Crippen LogP contribution in [-0.2, 0) is 14.3 Å². The maximum Gasteiger partial charge on any atom is 0.331 e. The highest BCUT2D eigenvalue weighted by molar-refractivity contribution is 5.89. The van der Waals surface area contributed by atoms with E-state index >= 15 is 0 Å². The highest BCUT2D eigenvalue weighted by Crippen LogP contribution is 2.19. The van der Waals surface area contributed by atoms with E-state index in [1.807, 2.05) is 55.8 Å². The van der Waals surface area contributed by atoms with Crippen molar-refractivity contribution in [3.05, 3.63) is 53.4 Å². The smallest absolute Gasteiger partial charge is 0.331 e. The standard InChI is InChI=1S/C22H27N3O3/c1-16-9-7-8-14-24(16)21(26)15-28-22(27)13-12-20-17(2)23-25(18(20)3)19-10-5-4-6-11-19/h4-6,10-13,16H,7-9,14-15H2,1-3H3/b13-12+. The lowest BCUT2D eigenvalue weighted by Gasteiger charge is -2.33. The van der Waals surface area contributed by atoms with Gasteiger partial charge in [-0.05, 0) is 58.2 Å². The molecule has 1 aromatic carbocycles. The second-order valence-electron chi connectivity index (χ2n) is 7.20. The van der Waals surface area contributed by atoms with Crippen molar-refractivity contribution in [2.24, 2.45) is 0 Å². The summed E-state index contributed by atoms with van der Waals surface area (Å²) in [7, 11) is 0. The molecular formula is C22H27N3O3. The summed E-state index contributed by atoms with van der Waals surface area (Å²) in [6.07, 6.45) is 6.22. The summed E-state index contributed by atoms with van der Waals surface area (Å²) in [6, 6.07) is 10.0. The fraction of sp³-hybridized carbons (Fsp3) is 0.409. The lowest BCUT2D eigenvalue weighted by atomic mass is 10.0. The Morgan fingerprint density at radius 3 is 2.68 bits per heavy atom. The number of carbonyl (C=O) groups excluding carboxylic acids is 2. The summed E-state index contributed by atoms with van der Waals surface area (Å²) >= 11 is 0. The van der Waals surface area contributed by atoms with Crippen molar-refractivity contribution < 1.29 is 14.3 Å². The van der Waals surface area contributed by atoms with Gasteiger partial charge in [0.25, 0.3) is 5.91 Å². The number of carbonyl (C=O) groups is 2. The molecule has 1 atom stereocenters. The van der Waals surface area contributed by atoms with E-state index in [9.17, 15) is 9.59 Å². The van der Waals surface area contributed by atoms with Crippen LogP contribution in [0.3, 0.4) is 0 Å². The molecular weight excluding hydrogens is 354 g/mol. The highest BCUT2D eigenvalue weighted by atomic mass is 16.5. The molecule has 1 unspecified atom stereocenters. The van der Waals surface area contributed by atoms with Gasteiger partial charge in [0, 0.05) is 29.9 Å². The average molecular weight is 381 g/mol. The van der Waals surface area contributed by atoms with E-state index in [-0.39, 0.29) is 18.6 Å². The van der Waals surface area contributed by atoms with E-state index in [0.717, 1.165) is 48.4 Å². The predicted molar refractivity (Wildman–Crippen MR) is 108 cm³/mol. The zero-order valence-electron chi connectivity index (χ0n) is 16.7. The minimum absolute atomic E-state index is 0.127. The first-order valence-electron chi connectivity index (χ1n) is 9.73. The van der Waals surface area contributed by atoms with Gasteiger partial charge in [-0.25, -0.2) is 9.48 Å². The normalized spacial score (nSPS) is 17.1. The number of hydrogen-bond acceptors (Lipinski definition) is 4. The molecule has 1 fully saturated rings. The third kappa shape index (κ3) is 4.50. The van der Waals surface area contributed by atoms with Gasteiger partial charge in [-0.2, -0.15) is 5.10 Å². The van der Waals surface area contributed by atoms with Gasteiger partial charge in [0.2, 0.25) is 0 Å². The number of aromatic nitrogens is 2.